The second-order valence-corrected chi connectivity index (χ2v) is 5.35. The molecule has 1 aromatic carbocycles. The Morgan fingerprint density at radius 3 is 2.67 bits per heavy atom. The zero-order valence-corrected chi connectivity index (χ0v) is 13.3. The predicted molar refractivity (Wildman–Crippen MR) is 87.0 cm³/mol. The summed E-state index contributed by atoms with van der Waals surface area (Å²) >= 11 is 0. The summed E-state index contributed by atoms with van der Waals surface area (Å²) in [6.45, 7) is 0. The molecule has 0 amide bonds. The molecule has 0 atom stereocenters. The number of hydrogen-bond donors (Lipinski definition) is 0. The minimum atomic E-state index is 0.560. The molecule has 4 rings (SSSR count). The lowest BCUT2D eigenvalue weighted by molar-refractivity contribution is 0.414. The molecule has 120 valence electrons. The zero-order chi connectivity index (χ0) is 16.5. The van der Waals surface area contributed by atoms with Crippen LogP contribution in [0, 0.1) is 0 Å². The van der Waals surface area contributed by atoms with E-state index >= 15 is 0 Å². The zero-order valence-electron chi connectivity index (χ0n) is 13.3. The molecule has 0 aliphatic rings. The van der Waals surface area contributed by atoms with E-state index in [1.807, 2.05) is 43.6 Å². The highest BCUT2D eigenvalue weighted by molar-refractivity contribution is 5.70. The van der Waals surface area contributed by atoms with Gasteiger partial charge in [0.05, 0.1) is 31.1 Å². The molecule has 0 spiro atoms. The van der Waals surface area contributed by atoms with Crippen LogP contribution in [0.1, 0.15) is 11.5 Å². The molecule has 0 radical (unpaired) electrons. The van der Waals surface area contributed by atoms with E-state index in [4.69, 9.17) is 4.74 Å². The van der Waals surface area contributed by atoms with Gasteiger partial charge in [0.25, 0.3) is 0 Å². The van der Waals surface area contributed by atoms with Gasteiger partial charge >= 0.3 is 0 Å². The van der Waals surface area contributed by atoms with Gasteiger partial charge in [-0.05, 0) is 30.3 Å². The van der Waals surface area contributed by atoms with Crippen LogP contribution in [0.2, 0.25) is 0 Å². The first-order valence-corrected chi connectivity index (χ1v) is 7.43. The third-order valence-electron chi connectivity index (χ3n) is 3.67. The Bertz CT molecular complexity index is 987. The van der Waals surface area contributed by atoms with Crippen molar-refractivity contribution in [2.24, 2.45) is 7.05 Å². The molecule has 4 aromatic rings. The summed E-state index contributed by atoms with van der Waals surface area (Å²) in [6.07, 6.45) is 4.15. The van der Waals surface area contributed by atoms with Crippen LogP contribution < -0.4 is 4.74 Å². The van der Waals surface area contributed by atoms with Gasteiger partial charge in [-0.15, -0.1) is 5.10 Å². The van der Waals surface area contributed by atoms with Gasteiger partial charge in [-0.1, -0.05) is 5.21 Å². The predicted octanol–water partition coefficient (Wildman–Crippen LogP) is 1.54. The summed E-state index contributed by atoms with van der Waals surface area (Å²) in [6, 6.07) is 9.52. The van der Waals surface area contributed by atoms with Gasteiger partial charge in [0.15, 0.2) is 11.2 Å². The lowest BCUT2D eigenvalue weighted by atomic mass is 10.3. The van der Waals surface area contributed by atoms with Crippen LogP contribution in [0.4, 0.5) is 0 Å². The van der Waals surface area contributed by atoms with E-state index in [9.17, 15) is 0 Å². The first-order chi connectivity index (χ1) is 11.7. The molecule has 0 aliphatic heterocycles. The average molecular weight is 321 g/mol. The van der Waals surface area contributed by atoms with Crippen molar-refractivity contribution in [1.82, 2.24) is 34.7 Å². The second kappa shape index (κ2) is 5.73. The van der Waals surface area contributed by atoms with E-state index in [0.717, 1.165) is 17.1 Å². The Hall–Kier alpha value is -3.29. The van der Waals surface area contributed by atoms with E-state index in [1.165, 1.54) is 0 Å². The second-order valence-electron chi connectivity index (χ2n) is 5.35. The Balaban J connectivity index is 1.72. The fourth-order valence-corrected chi connectivity index (χ4v) is 2.47. The van der Waals surface area contributed by atoms with E-state index in [-0.39, 0.29) is 0 Å². The highest BCUT2D eigenvalue weighted by Gasteiger charge is 2.11. The van der Waals surface area contributed by atoms with Gasteiger partial charge in [-0.25, -0.2) is 9.97 Å². The molecule has 0 fully saturated rings. The number of ether oxygens (including phenoxy) is 1. The smallest absolute Gasteiger partial charge is 0.187 e. The van der Waals surface area contributed by atoms with Crippen molar-refractivity contribution in [1.29, 1.82) is 0 Å². The molecule has 0 saturated heterocycles. The van der Waals surface area contributed by atoms with Crippen molar-refractivity contribution in [3.05, 3.63) is 54.2 Å². The fourth-order valence-electron chi connectivity index (χ4n) is 2.47. The van der Waals surface area contributed by atoms with Crippen molar-refractivity contribution in [3.8, 4) is 11.4 Å². The van der Waals surface area contributed by atoms with Gasteiger partial charge in [0, 0.05) is 13.2 Å². The van der Waals surface area contributed by atoms with Crippen LogP contribution in [0.5, 0.6) is 5.75 Å². The maximum absolute atomic E-state index is 5.18. The van der Waals surface area contributed by atoms with Crippen LogP contribution in [0.3, 0.4) is 0 Å². The molecule has 24 heavy (non-hydrogen) atoms. The number of methoxy groups -OCH3 is 1. The molecule has 8 nitrogen and oxygen atoms in total. The average Bonchev–Trinajstić information content (AvgIpc) is 3.21. The Morgan fingerprint density at radius 2 is 1.96 bits per heavy atom. The number of nitrogens with zero attached hydrogens (tertiary/aromatic N) is 7. The number of hydrogen-bond acceptors (Lipinski definition) is 6. The SMILES string of the molecule is COc1ccc(-n2nnc3cnc(Cc4ccn(C)n4)nc32)cc1. The largest absolute Gasteiger partial charge is 0.497 e. The van der Waals surface area contributed by atoms with Gasteiger partial charge < -0.3 is 4.74 Å². The molecular weight excluding hydrogens is 306 g/mol. The summed E-state index contributed by atoms with van der Waals surface area (Å²) < 4.78 is 8.64. The quantitative estimate of drug-likeness (QED) is 0.567. The maximum atomic E-state index is 5.18. The maximum Gasteiger partial charge on any atom is 0.187 e. The summed E-state index contributed by atoms with van der Waals surface area (Å²) in [5.74, 6) is 1.46. The van der Waals surface area contributed by atoms with Crippen LogP contribution in [0.15, 0.2) is 42.7 Å². The van der Waals surface area contributed by atoms with Crippen molar-refractivity contribution in [2.75, 3.05) is 7.11 Å². The fraction of sp³-hybridized carbons (Fsp3) is 0.188. The Morgan fingerprint density at radius 1 is 1.12 bits per heavy atom. The number of aromatic nitrogens is 7. The summed E-state index contributed by atoms with van der Waals surface area (Å²) in [7, 11) is 3.52. The standard InChI is InChI=1S/C16H15N7O/c1-22-8-7-11(20-22)9-15-17-10-14-16(18-15)23(21-19-14)12-3-5-13(24-2)6-4-12/h3-8,10H,9H2,1-2H3. The molecule has 3 heterocycles. The van der Waals surface area contributed by atoms with Crippen LogP contribution in [-0.4, -0.2) is 41.9 Å². The Labute approximate surface area is 137 Å². The number of fused-ring (bicyclic) bond motifs is 1. The first-order valence-electron chi connectivity index (χ1n) is 7.43. The van der Waals surface area contributed by atoms with Crippen molar-refractivity contribution >= 4 is 11.2 Å². The summed E-state index contributed by atoms with van der Waals surface area (Å²) in [4.78, 5) is 8.95. The van der Waals surface area contributed by atoms with Crippen LogP contribution in [-0.2, 0) is 13.5 Å². The number of aryl methyl sites for hydroxylation is 1. The van der Waals surface area contributed by atoms with Crippen molar-refractivity contribution in [2.45, 2.75) is 6.42 Å². The van der Waals surface area contributed by atoms with Crippen LogP contribution >= 0.6 is 0 Å². The normalized spacial score (nSPS) is 11.1. The van der Waals surface area contributed by atoms with Crippen molar-refractivity contribution in [3.63, 3.8) is 0 Å². The molecular formula is C16H15N7O. The summed E-state index contributed by atoms with van der Waals surface area (Å²) in [5, 5.41) is 12.7. The monoisotopic (exact) mass is 321 g/mol. The molecule has 8 heteroatoms. The highest BCUT2D eigenvalue weighted by Crippen LogP contribution is 2.18. The van der Waals surface area contributed by atoms with E-state index < -0.39 is 0 Å². The third kappa shape index (κ3) is 2.58. The van der Waals surface area contributed by atoms with Gasteiger partial charge in [0.2, 0.25) is 0 Å². The van der Waals surface area contributed by atoms with Crippen molar-refractivity contribution < 1.29 is 4.74 Å². The lowest BCUT2D eigenvalue weighted by Gasteiger charge is -2.04. The molecule has 0 bridgehead atoms. The van der Waals surface area contributed by atoms with Gasteiger partial charge in [-0.3, -0.25) is 4.68 Å². The van der Waals surface area contributed by atoms with Crippen LogP contribution in [0.25, 0.3) is 16.9 Å². The minimum absolute atomic E-state index is 0.560. The highest BCUT2D eigenvalue weighted by atomic mass is 16.5. The minimum Gasteiger partial charge on any atom is -0.497 e. The number of benzene rings is 1. The number of rotatable bonds is 4. The summed E-state index contributed by atoms with van der Waals surface area (Å²) in [5.41, 5.74) is 3.10. The molecule has 0 saturated carbocycles. The first kappa shape index (κ1) is 14.3. The third-order valence-corrected chi connectivity index (χ3v) is 3.67. The molecule has 0 unspecified atom stereocenters. The lowest BCUT2D eigenvalue weighted by Crippen LogP contribution is -2.02. The van der Waals surface area contributed by atoms with E-state index in [0.29, 0.717) is 23.4 Å². The molecule has 0 aliphatic carbocycles. The van der Waals surface area contributed by atoms with Gasteiger partial charge in [-0.2, -0.15) is 9.78 Å². The Kier molecular flexibility index (Phi) is 3.42. The molecule has 3 aromatic heterocycles. The molecule has 0 N–H and O–H groups in total. The van der Waals surface area contributed by atoms with Gasteiger partial charge in [0.1, 0.15) is 11.6 Å². The van der Waals surface area contributed by atoms with E-state index in [1.54, 1.807) is 22.7 Å². The van der Waals surface area contributed by atoms with E-state index in [2.05, 4.69) is 25.4 Å². The topological polar surface area (TPSA) is 83.5 Å².